The minimum absolute atomic E-state index is 0.450. The van der Waals surface area contributed by atoms with Gasteiger partial charge in [0, 0.05) is 19.1 Å². The summed E-state index contributed by atoms with van der Waals surface area (Å²) in [5.74, 6) is 1.79. The predicted molar refractivity (Wildman–Crippen MR) is 79.4 cm³/mol. The first-order chi connectivity index (χ1) is 9.12. The predicted octanol–water partition coefficient (Wildman–Crippen LogP) is 2.43. The van der Waals surface area contributed by atoms with Crippen LogP contribution < -0.4 is 10.5 Å². The molecular formula is C16H26N2O. The number of rotatable bonds is 6. The molecule has 3 heteroatoms. The molecule has 0 aromatic heterocycles. The van der Waals surface area contributed by atoms with Crippen molar-refractivity contribution in [3.05, 3.63) is 29.3 Å². The standard InChI is InChI=1S/C16H26N2O/c1-4-14-7-12(5-6-16(14)19-3)10-18(2)11-13-8-15(17)9-13/h5-7,13,15H,4,8-11,17H2,1-3H3. The largest absolute Gasteiger partial charge is 0.496 e. The minimum Gasteiger partial charge on any atom is -0.496 e. The summed E-state index contributed by atoms with van der Waals surface area (Å²) in [6.45, 7) is 4.32. The van der Waals surface area contributed by atoms with E-state index in [9.17, 15) is 0 Å². The number of nitrogens with two attached hydrogens (primary N) is 1. The van der Waals surface area contributed by atoms with Gasteiger partial charge in [-0.05, 0) is 49.4 Å². The number of hydrogen-bond donors (Lipinski definition) is 1. The van der Waals surface area contributed by atoms with Crippen LogP contribution in [0.2, 0.25) is 0 Å². The van der Waals surface area contributed by atoms with E-state index >= 15 is 0 Å². The van der Waals surface area contributed by atoms with Crippen LogP contribution >= 0.6 is 0 Å². The van der Waals surface area contributed by atoms with Gasteiger partial charge in [0.1, 0.15) is 5.75 Å². The molecular weight excluding hydrogens is 236 g/mol. The van der Waals surface area contributed by atoms with Crippen molar-refractivity contribution in [3.8, 4) is 5.75 Å². The molecule has 0 heterocycles. The summed E-state index contributed by atoms with van der Waals surface area (Å²) in [6, 6.07) is 6.97. The molecule has 1 aliphatic rings. The van der Waals surface area contributed by atoms with Crippen molar-refractivity contribution in [2.45, 2.75) is 38.8 Å². The van der Waals surface area contributed by atoms with Gasteiger partial charge in [-0.25, -0.2) is 0 Å². The Kier molecular flexibility index (Phi) is 4.83. The lowest BCUT2D eigenvalue weighted by atomic mass is 9.80. The highest BCUT2D eigenvalue weighted by Gasteiger charge is 2.26. The number of benzene rings is 1. The maximum absolute atomic E-state index is 5.83. The maximum Gasteiger partial charge on any atom is 0.122 e. The van der Waals surface area contributed by atoms with Crippen LogP contribution in [0.4, 0.5) is 0 Å². The SMILES string of the molecule is CCc1cc(CN(C)CC2CC(N)C2)ccc1OC. The fourth-order valence-corrected chi connectivity index (χ4v) is 2.96. The third kappa shape index (κ3) is 3.71. The summed E-state index contributed by atoms with van der Waals surface area (Å²) in [7, 11) is 3.93. The van der Waals surface area contributed by atoms with Crippen molar-refractivity contribution in [2.24, 2.45) is 11.7 Å². The summed E-state index contributed by atoms with van der Waals surface area (Å²) in [6.07, 6.45) is 3.39. The Balaban J connectivity index is 1.91. The summed E-state index contributed by atoms with van der Waals surface area (Å²) in [4.78, 5) is 2.40. The Morgan fingerprint density at radius 3 is 2.68 bits per heavy atom. The van der Waals surface area contributed by atoms with E-state index in [1.165, 1.54) is 24.0 Å². The van der Waals surface area contributed by atoms with E-state index in [1.54, 1.807) is 7.11 Å². The second-order valence-corrected chi connectivity index (χ2v) is 5.79. The zero-order valence-corrected chi connectivity index (χ0v) is 12.4. The summed E-state index contributed by atoms with van der Waals surface area (Å²) < 4.78 is 5.37. The quantitative estimate of drug-likeness (QED) is 0.855. The van der Waals surface area contributed by atoms with E-state index in [1.807, 2.05) is 0 Å². The zero-order valence-electron chi connectivity index (χ0n) is 12.4. The van der Waals surface area contributed by atoms with Crippen molar-refractivity contribution >= 4 is 0 Å². The van der Waals surface area contributed by atoms with Gasteiger partial charge in [-0.1, -0.05) is 19.1 Å². The maximum atomic E-state index is 5.83. The molecule has 1 aliphatic carbocycles. The van der Waals surface area contributed by atoms with Crippen LogP contribution in [0.5, 0.6) is 5.75 Å². The Labute approximate surface area is 116 Å². The Hall–Kier alpha value is -1.06. The summed E-state index contributed by atoms with van der Waals surface area (Å²) >= 11 is 0. The average molecular weight is 262 g/mol. The van der Waals surface area contributed by atoms with Gasteiger partial charge in [-0.3, -0.25) is 0 Å². The molecule has 0 bridgehead atoms. The number of nitrogens with zero attached hydrogens (tertiary/aromatic N) is 1. The fourth-order valence-electron chi connectivity index (χ4n) is 2.96. The van der Waals surface area contributed by atoms with E-state index in [0.29, 0.717) is 6.04 Å². The van der Waals surface area contributed by atoms with Gasteiger partial charge in [0.25, 0.3) is 0 Å². The Morgan fingerprint density at radius 1 is 1.37 bits per heavy atom. The van der Waals surface area contributed by atoms with Crippen LogP contribution in [0.3, 0.4) is 0 Å². The van der Waals surface area contributed by atoms with Gasteiger partial charge < -0.3 is 15.4 Å². The first kappa shape index (κ1) is 14.4. The number of ether oxygens (including phenoxy) is 1. The zero-order chi connectivity index (χ0) is 13.8. The molecule has 106 valence electrons. The van der Waals surface area contributed by atoms with Crippen molar-refractivity contribution in [1.82, 2.24) is 4.90 Å². The average Bonchev–Trinajstić information content (AvgIpc) is 2.36. The molecule has 2 N–H and O–H groups in total. The van der Waals surface area contributed by atoms with Gasteiger partial charge in [0.05, 0.1) is 7.11 Å². The van der Waals surface area contributed by atoms with Gasteiger partial charge in [-0.15, -0.1) is 0 Å². The van der Waals surface area contributed by atoms with Gasteiger partial charge in [0.2, 0.25) is 0 Å². The fraction of sp³-hybridized carbons (Fsp3) is 0.625. The van der Waals surface area contributed by atoms with E-state index in [4.69, 9.17) is 10.5 Å². The van der Waals surface area contributed by atoms with E-state index in [-0.39, 0.29) is 0 Å². The van der Waals surface area contributed by atoms with E-state index < -0.39 is 0 Å². The second kappa shape index (κ2) is 6.40. The van der Waals surface area contributed by atoms with Crippen LogP contribution in [0, 0.1) is 5.92 Å². The normalized spacial score (nSPS) is 22.4. The van der Waals surface area contributed by atoms with Crippen molar-refractivity contribution in [1.29, 1.82) is 0 Å². The molecule has 1 saturated carbocycles. The molecule has 2 rings (SSSR count). The van der Waals surface area contributed by atoms with Crippen LogP contribution in [0.15, 0.2) is 18.2 Å². The molecule has 0 radical (unpaired) electrons. The Morgan fingerprint density at radius 2 is 2.11 bits per heavy atom. The van der Waals surface area contributed by atoms with Crippen LogP contribution in [0.25, 0.3) is 0 Å². The molecule has 19 heavy (non-hydrogen) atoms. The number of hydrogen-bond acceptors (Lipinski definition) is 3. The highest BCUT2D eigenvalue weighted by molar-refractivity contribution is 5.37. The summed E-state index contributed by atoms with van der Waals surface area (Å²) in [5.41, 5.74) is 8.49. The lowest BCUT2D eigenvalue weighted by molar-refractivity contribution is 0.178. The van der Waals surface area contributed by atoms with Crippen LogP contribution in [-0.2, 0) is 13.0 Å². The lowest BCUT2D eigenvalue weighted by Gasteiger charge is -2.35. The van der Waals surface area contributed by atoms with Gasteiger partial charge in [-0.2, -0.15) is 0 Å². The monoisotopic (exact) mass is 262 g/mol. The second-order valence-electron chi connectivity index (χ2n) is 5.79. The van der Waals surface area contributed by atoms with Crippen molar-refractivity contribution in [3.63, 3.8) is 0 Å². The lowest BCUT2D eigenvalue weighted by Crippen LogP contribution is -2.41. The molecule has 0 saturated heterocycles. The van der Waals surface area contributed by atoms with Gasteiger partial charge in [0.15, 0.2) is 0 Å². The topological polar surface area (TPSA) is 38.5 Å². The molecule has 0 unspecified atom stereocenters. The molecule has 1 aromatic carbocycles. The highest BCUT2D eigenvalue weighted by Crippen LogP contribution is 2.27. The van der Waals surface area contributed by atoms with E-state index in [0.717, 1.165) is 31.2 Å². The Bertz CT molecular complexity index is 413. The van der Waals surface area contributed by atoms with Crippen LogP contribution in [-0.4, -0.2) is 31.6 Å². The molecule has 0 aliphatic heterocycles. The van der Waals surface area contributed by atoms with Gasteiger partial charge >= 0.3 is 0 Å². The minimum atomic E-state index is 0.450. The first-order valence-electron chi connectivity index (χ1n) is 7.22. The number of methoxy groups -OCH3 is 1. The molecule has 1 fully saturated rings. The summed E-state index contributed by atoms with van der Waals surface area (Å²) in [5, 5.41) is 0. The molecule has 0 amide bonds. The van der Waals surface area contributed by atoms with Crippen molar-refractivity contribution in [2.75, 3.05) is 20.7 Å². The third-order valence-electron chi connectivity index (χ3n) is 4.02. The molecule has 0 atom stereocenters. The highest BCUT2D eigenvalue weighted by atomic mass is 16.5. The third-order valence-corrected chi connectivity index (χ3v) is 4.02. The van der Waals surface area contributed by atoms with E-state index in [2.05, 4.69) is 37.1 Å². The molecule has 0 spiro atoms. The first-order valence-corrected chi connectivity index (χ1v) is 7.22. The van der Waals surface area contributed by atoms with Crippen molar-refractivity contribution < 1.29 is 4.74 Å². The van der Waals surface area contributed by atoms with Crippen LogP contribution in [0.1, 0.15) is 30.9 Å². The molecule has 3 nitrogen and oxygen atoms in total. The smallest absolute Gasteiger partial charge is 0.122 e. The molecule has 1 aromatic rings. The number of aryl methyl sites for hydroxylation is 1.